The standard InChI is InChI=1S/C27H21BrN4O2S/c28-19-10-16-23(17-11-19)35(33,34)18-26-27(32-25-9-5-4-8-24(25)31-26)30-22-14-12-21(13-15-22)29-20-6-2-1-3-7-20/h1-17,29H,18H2,(H,30,32). The summed E-state index contributed by atoms with van der Waals surface area (Å²) in [7, 11) is -3.63. The molecule has 4 aromatic carbocycles. The molecular formula is C27H21BrN4O2S. The average Bonchev–Trinajstić information content (AvgIpc) is 2.86. The van der Waals surface area contributed by atoms with Crippen molar-refractivity contribution in [3.63, 3.8) is 0 Å². The van der Waals surface area contributed by atoms with Crippen molar-refractivity contribution in [2.24, 2.45) is 0 Å². The summed E-state index contributed by atoms with van der Waals surface area (Å²) < 4.78 is 27.1. The molecule has 8 heteroatoms. The number of fused-ring (bicyclic) bond motifs is 1. The molecule has 0 unspecified atom stereocenters. The molecule has 0 fully saturated rings. The van der Waals surface area contributed by atoms with E-state index in [0.29, 0.717) is 22.5 Å². The van der Waals surface area contributed by atoms with Crippen LogP contribution < -0.4 is 10.6 Å². The van der Waals surface area contributed by atoms with E-state index in [-0.39, 0.29) is 10.6 Å². The quantitative estimate of drug-likeness (QED) is 0.233. The number of sulfone groups is 1. The van der Waals surface area contributed by atoms with E-state index >= 15 is 0 Å². The van der Waals surface area contributed by atoms with Gasteiger partial charge in [0, 0.05) is 21.5 Å². The second kappa shape index (κ2) is 9.85. The van der Waals surface area contributed by atoms with Gasteiger partial charge in [-0.1, -0.05) is 46.3 Å². The van der Waals surface area contributed by atoms with Gasteiger partial charge in [0.05, 0.1) is 21.6 Å². The van der Waals surface area contributed by atoms with Crippen LogP contribution in [-0.2, 0) is 15.6 Å². The highest BCUT2D eigenvalue weighted by atomic mass is 79.9. The van der Waals surface area contributed by atoms with Gasteiger partial charge in [0.2, 0.25) is 0 Å². The Morgan fingerprint density at radius 1 is 0.629 bits per heavy atom. The molecule has 0 spiro atoms. The highest BCUT2D eigenvalue weighted by Crippen LogP contribution is 2.27. The Bertz CT molecular complexity index is 1570. The molecule has 1 aromatic heterocycles. The fraction of sp³-hybridized carbons (Fsp3) is 0.0370. The van der Waals surface area contributed by atoms with Crippen LogP contribution in [0.15, 0.2) is 112 Å². The number of hydrogen-bond donors (Lipinski definition) is 2. The predicted molar refractivity (Wildman–Crippen MR) is 144 cm³/mol. The number of para-hydroxylation sites is 3. The van der Waals surface area contributed by atoms with Crippen molar-refractivity contribution in [1.29, 1.82) is 0 Å². The van der Waals surface area contributed by atoms with Crippen LogP contribution in [0.3, 0.4) is 0 Å². The zero-order valence-corrected chi connectivity index (χ0v) is 20.9. The minimum absolute atomic E-state index is 0.234. The molecule has 0 bridgehead atoms. The van der Waals surface area contributed by atoms with Crippen molar-refractivity contribution in [2.75, 3.05) is 10.6 Å². The van der Waals surface area contributed by atoms with Gasteiger partial charge in [0.25, 0.3) is 0 Å². The van der Waals surface area contributed by atoms with Gasteiger partial charge in [-0.3, -0.25) is 0 Å². The third-order valence-corrected chi connectivity index (χ3v) is 7.52. The van der Waals surface area contributed by atoms with E-state index < -0.39 is 9.84 Å². The molecule has 1 heterocycles. The second-order valence-electron chi connectivity index (χ2n) is 7.91. The van der Waals surface area contributed by atoms with Crippen LogP contribution in [0.5, 0.6) is 0 Å². The zero-order chi connectivity index (χ0) is 24.3. The normalized spacial score (nSPS) is 11.3. The van der Waals surface area contributed by atoms with Crippen LogP contribution >= 0.6 is 15.9 Å². The number of aromatic nitrogens is 2. The van der Waals surface area contributed by atoms with Crippen LogP contribution in [0.2, 0.25) is 0 Å². The van der Waals surface area contributed by atoms with Gasteiger partial charge in [-0.25, -0.2) is 18.4 Å². The average molecular weight is 545 g/mol. The van der Waals surface area contributed by atoms with Gasteiger partial charge in [0.1, 0.15) is 5.75 Å². The summed E-state index contributed by atoms with van der Waals surface area (Å²) >= 11 is 3.35. The van der Waals surface area contributed by atoms with Crippen LogP contribution in [0.25, 0.3) is 11.0 Å². The number of nitrogens with one attached hydrogen (secondary N) is 2. The third-order valence-electron chi connectivity index (χ3n) is 5.35. The maximum Gasteiger partial charge on any atom is 0.184 e. The Morgan fingerprint density at radius 2 is 1.17 bits per heavy atom. The van der Waals surface area contributed by atoms with Gasteiger partial charge in [-0.05, 0) is 72.8 Å². The minimum Gasteiger partial charge on any atom is -0.356 e. The number of anilines is 4. The molecule has 35 heavy (non-hydrogen) atoms. The lowest BCUT2D eigenvalue weighted by molar-refractivity contribution is 0.594. The first-order valence-corrected chi connectivity index (χ1v) is 13.3. The summed E-state index contributed by atoms with van der Waals surface area (Å²) in [5.74, 6) is 0.135. The SMILES string of the molecule is O=S(=O)(Cc1nc2ccccc2nc1Nc1ccc(Nc2ccccc2)cc1)c1ccc(Br)cc1. The molecule has 0 aliphatic rings. The van der Waals surface area contributed by atoms with E-state index in [9.17, 15) is 8.42 Å². The van der Waals surface area contributed by atoms with Crippen molar-refractivity contribution in [2.45, 2.75) is 10.6 Å². The lowest BCUT2D eigenvalue weighted by Gasteiger charge is -2.13. The maximum atomic E-state index is 13.2. The maximum absolute atomic E-state index is 13.2. The molecular weight excluding hydrogens is 524 g/mol. The molecule has 6 nitrogen and oxygen atoms in total. The van der Waals surface area contributed by atoms with Crippen molar-refractivity contribution < 1.29 is 8.42 Å². The number of rotatable bonds is 7. The lowest BCUT2D eigenvalue weighted by Crippen LogP contribution is -2.10. The molecule has 0 saturated carbocycles. The van der Waals surface area contributed by atoms with Gasteiger partial charge >= 0.3 is 0 Å². The summed E-state index contributed by atoms with van der Waals surface area (Å²) in [6, 6.07) is 31.6. The van der Waals surface area contributed by atoms with Crippen molar-refractivity contribution >= 4 is 59.7 Å². The monoisotopic (exact) mass is 544 g/mol. The number of halogens is 1. The van der Waals surface area contributed by atoms with E-state index in [1.54, 1.807) is 24.3 Å². The predicted octanol–water partition coefficient (Wildman–Crippen LogP) is 6.85. The molecule has 0 saturated heterocycles. The fourth-order valence-corrected chi connectivity index (χ4v) is 5.15. The molecule has 2 N–H and O–H groups in total. The number of nitrogens with zero attached hydrogens (tertiary/aromatic N) is 2. The van der Waals surface area contributed by atoms with Crippen LogP contribution in [0.1, 0.15) is 5.69 Å². The third kappa shape index (κ3) is 5.50. The Balaban J connectivity index is 1.45. The number of benzene rings is 4. The van der Waals surface area contributed by atoms with Crippen molar-refractivity contribution in [1.82, 2.24) is 9.97 Å². The molecule has 0 aliphatic carbocycles. The summed E-state index contributed by atoms with van der Waals surface area (Å²) in [6.07, 6.45) is 0. The van der Waals surface area contributed by atoms with E-state index in [1.807, 2.05) is 78.9 Å². The van der Waals surface area contributed by atoms with Crippen LogP contribution in [0, 0.1) is 0 Å². The Labute approximate surface area is 212 Å². The summed E-state index contributed by atoms with van der Waals surface area (Å²) in [5, 5.41) is 6.61. The molecule has 0 atom stereocenters. The lowest BCUT2D eigenvalue weighted by atomic mass is 10.2. The minimum atomic E-state index is -3.63. The largest absolute Gasteiger partial charge is 0.356 e. The molecule has 5 rings (SSSR count). The molecule has 174 valence electrons. The summed E-state index contributed by atoms with van der Waals surface area (Å²) in [5.41, 5.74) is 4.38. The fourth-order valence-electron chi connectivity index (χ4n) is 3.60. The first-order chi connectivity index (χ1) is 17.0. The first kappa shape index (κ1) is 23.0. The number of hydrogen-bond acceptors (Lipinski definition) is 6. The smallest absolute Gasteiger partial charge is 0.184 e. The highest BCUT2D eigenvalue weighted by Gasteiger charge is 2.20. The summed E-state index contributed by atoms with van der Waals surface area (Å²) in [4.78, 5) is 9.57. The first-order valence-electron chi connectivity index (χ1n) is 10.9. The van der Waals surface area contributed by atoms with E-state index in [1.165, 1.54) is 0 Å². The molecule has 5 aromatic rings. The highest BCUT2D eigenvalue weighted by molar-refractivity contribution is 9.10. The molecule has 0 aliphatic heterocycles. The second-order valence-corrected chi connectivity index (χ2v) is 10.8. The van der Waals surface area contributed by atoms with Crippen molar-refractivity contribution in [3.05, 3.63) is 113 Å². The Hall–Kier alpha value is -3.75. The Morgan fingerprint density at radius 3 is 1.83 bits per heavy atom. The molecule has 0 radical (unpaired) electrons. The zero-order valence-electron chi connectivity index (χ0n) is 18.5. The van der Waals surface area contributed by atoms with Gasteiger partial charge < -0.3 is 10.6 Å². The van der Waals surface area contributed by atoms with E-state index in [0.717, 1.165) is 21.5 Å². The van der Waals surface area contributed by atoms with Crippen molar-refractivity contribution in [3.8, 4) is 0 Å². The summed E-state index contributed by atoms with van der Waals surface area (Å²) in [6.45, 7) is 0. The van der Waals surface area contributed by atoms with E-state index in [4.69, 9.17) is 4.98 Å². The van der Waals surface area contributed by atoms with Crippen LogP contribution in [0.4, 0.5) is 22.9 Å². The molecule has 0 amide bonds. The van der Waals surface area contributed by atoms with Gasteiger partial charge in [-0.2, -0.15) is 0 Å². The Kier molecular flexibility index (Phi) is 6.48. The topological polar surface area (TPSA) is 84.0 Å². The van der Waals surface area contributed by atoms with E-state index in [2.05, 4.69) is 31.5 Å². The van der Waals surface area contributed by atoms with Gasteiger partial charge in [0.15, 0.2) is 15.7 Å². The van der Waals surface area contributed by atoms with Gasteiger partial charge in [-0.15, -0.1) is 0 Å². The van der Waals surface area contributed by atoms with Crippen LogP contribution in [-0.4, -0.2) is 18.4 Å².